The van der Waals surface area contributed by atoms with Crippen LogP contribution in [0.1, 0.15) is 27.3 Å². The molecule has 2 aromatic rings. The lowest BCUT2D eigenvalue weighted by Gasteiger charge is -2.05. The molecular weight excluding hydrogens is 220 g/mol. The summed E-state index contributed by atoms with van der Waals surface area (Å²) < 4.78 is 1.52. The highest BCUT2D eigenvalue weighted by Gasteiger charge is 2.17. The Balaban J connectivity index is 2.68. The highest BCUT2D eigenvalue weighted by atomic mass is 16.4. The third-order valence-electron chi connectivity index (χ3n) is 2.79. The molecule has 0 fully saturated rings. The molecule has 1 N–H and O–H groups in total. The van der Waals surface area contributed by atoms with Crippen LogP contribution in [0.4, 0.5) is 0 Å². The highest BCUT2D eigenvalue weighted by molar-refractivity contribution is 5.90. The van der Waals surface area contributed by atoms with Gasteiger partial charge in [0.1, 0.15) is 5.56 Å². The maximum Gasteiger partial charge on any atom is 0.339 e. The Morgan fingerprint density at radius 2 is 2.06 bits per heavy atom. The Morgan fingerprint density at radius 3 is 2.59 bits per heavy atom. The van der Waals surface area contributed by atoms with Gasteiger partial charge in [-0.1, -0.05) is 0 Å². The molecular formula is C11H12N4O2. The Labute approximate surface area is 97.9 Å². The molecule has 17 heavy (non-hydrogen) atoms. The first-order valence-corrected chi connectivity index (χ1v) is 5.10. The summed E-state index contributed by atoms with van der Waals surface area (Å²) in [5, 5.41) is 20.9. The SMILES string of the molecule is Cc1nn(-c2nnccc2C(=O)O)c(C)c1C. The van der Waals surface area contributed by atoms with Crippen LogP contribution in [-0.4, -0.2) is 31.1 Å². The van der Waals surface area contributed by atoms with Gasteiger partial charge in [0, 0.05) is 5.69 Å². The maximum absolute atomic E-state index is 11.1. The lowest BCUT2D eigenvalue weighted by molar-refractivity contribution is 0.0696. The van der Waals surface area contributed by atoms with Crippen molar-refractivity contribution in [2.75, 3.05) is 0 Å². The molecule has 0 radical (unpaired) electrons. The first kappa shape index (κ1) is 11.3. The van der Waals surface area contributed by atoms with E-state index in [1.807, 2.05) is 20.8 Å². The van der Waals surface area contributed by atoms with Gasteiger partial charge in [0.2, 0.25) is 0 Å². The van der Waals surface area contributed by atoms with E-state index >= 15 is 0 Å². The molecule has 88 valence electrons. The summed E-state index contributed by atoms with van der Waals surface area (Å²) in [4.78, 5) is 11.1. The molecule has 0 amide bonds. The molecule has 0 aromatic carbocycles. The highest BCUT2D eigenvalue weighted by Crippen LogP contribution is 2.17. The Hall–Kier alpha value is -2.24. The first-order chi connectivity index (χ1) is 8.02. The Bertz CT molecular complexity index is 589. The number of carboxylic acids is 1. The lowest BCUT2D eigenvalue weighted by atomic mass is 10.2. The third-order valence-corrected chi connectivity index (χ3v) is 2.79. The van der Waals surface area contributed by atoms with Gasteiger partial charge in [-0.3, -0.25) is 0 Å². The number of carbonyl (C=O) groups is 1. The minimum absolute atomic E-state index is 0.0885. The fourth-order valence-corrected chi connectivity index (χ4v) is 1.57. The topological polar surface area (TPSA) is 80.9 Å². The largest absolute Gasteiger partial charge is 0.478 e. The summed E-state index contributed by atoms with van der Waals surface area (Å²) >= 11 is 0. The van der Waals surface area contributed by atoms with E-state index in [9.17, 15) is 4.79 Å². The van der Waals surface area contributed by atoms with E-state index in [-0.39, 0.29) is 11.4 Å². The number of aromatic nitrogens is 4. The zero-order chi connectivity index (χ0) is 12.6. The van der Waals surface area contributed by atoms with Crippen molar-refractivity contribution < 1.29 is 9.90 Å². The van der Waals surface area contributed by atoms with Crippen LogP contribution in [0.25, 0.3) is 5.82 Å². The maximum atomic E-state index is 11.1. The van der Waals surface area contributed by atoms with Crippen LogP contribution in [0, 0.1) is 20.8 Å². The summed E-state index contributed by atoms with van der Waals surface area (Å²) in [6, 6.07) is 1.41. The normalized spacial score (nSPS) is 10.5. The van der Waals surface area contributed by atoms with Crippen LogP contribution < -0.4 is 0 Å². The van der Waals surface area contributed by atoms with E-state index in [0.29, 0.717) is 0 Å². The van der Waals surface area contributed by atoms with Gasteiger partial charge in [-0.15, -0.1) is 5.10 Å². The predicted molar refractivity (Wildman–Crippen MR) is 60.3 cm³/mol. The van der Waals surface area contributed by atoms with E-state index in [1.54, 1.807) is 0 Å². The van der Waals surface area contributed by atoms with E-state index in [4.69, 9.17) is 5.11 Å². The molecule has 0 spiro atoms. The second-order valence-electron chi connectivity index (χ2n) is 3.78. The van der Waals surface area contributed by atoms with E-state index < -0.39 is 5.97 Å². The zero-order valence-electron chi connectivity index (χ0n) is 9.80. The number of aryl methyl sites for hydroxylation is 1. The summed E-state index contributed by atoms with van der Waals surface area (Å²) in [5.41, 5.74) is 2.83. The van der Waals surface area contributed by atoms with Gasteiger partial charge in [-0.05, 0) is 32.4 Å². The van der Waals surface area contributed by atoms with E-state index in [2.05, 4.69) is 15.3 Å². The molecule has 2 rings (SSSR count). The minimum Gasteiger partial charge on any atom is -0.478 e. The first-order valence-electron chi connectivity index (χ1n) is 5.10. The summed E-state index contributed by atoms with van der Waals surface area (Å²) in [7, 11) is 0. The van der Waals surface area contributed by atoms with Gasteiger partial charge in [0.15, 0.2) is 5.82 Å². The van der Waals surface area contributed by atoms with Crippen LogP contribution in [0.2, 0.25) is 0 Å². The molecule has 0 aliphatic carbocycles. The molecule has 0 saturated carbocycles. The van der Waals surface area contributed by atoms with Crippen LogP contribution >= 0.6 is 0 Å². The lowest BCUT2D eigenvalue weighted by Crippen LogP contribution is -2.11. The van der Waals surface area contributed by atoms with Crippen LogP contribution in [0.15, 0.2) is 12.3 Å². The van der Waals surface area contributed by atoms with Gasteiger partial charge >= 0.3 is 5.97 Å². The standard InChI is InChI=1S/C11H12N4O2/c1-6-7(2)14-15(8(6)3)10-9(11(16)17)4-5-12-13-10/h4-5H,1-3H3,(H,16,17). The molecule has 6 heteroatoms. The molecule has 0 unspecified atom stereocenters. The number of rotatable bonds is 2. The smallest absolute Gasteiger partial charge is 0.339 e. The van der Waals surface area contributed by atoms with Crippen molar-refractivity contribution in [2.24, 2.45) is 0 Å². The molecule has 2 aromatic heterocycles. The van der Waals surface area contributed by atoms with Gasteiger partial charge in [-0.25, -0.2) is 9.48 Å². The van der Waals surface area contributed by atoms with Gasteiger partial charge in [0.25, 0.3) is 0 Å². The van der Waals surface area contributed by atoms with Gasteiger partial charge in [0.05, 0.1) is 11.9 Å². The number of nitrogens with zero attached hydrogens (tertiary/aromatic N) is 4. The molecule has 0 aliphatic heterocycles. The molecule has 0 atom stereocenters. The van der Waals surface area contributed by atoms with Crippen molar-refractivity contribution in [3.8, 4) is 5.82 Å². The van der Waals surface area contributed by atoms with Crippen LogP contribution in [0.5, 0.6) is 0 Å². The summed E-state index contributed by atoms with van der Waals surface area (Å²) in [6.45, 7) is 5.68. The zero-order valence-corrected chi connectivity index (χ0v) is 9.80. The van der Waals surface area contributed by atoms with E-state index in [1.165, 1.54) is 16.9 Å². The van der Waals surface area contributed by atoms with Crippen molar-refractivity contribution >= 4 is 5.97 Å². The fourth-order valence-electron chi connectivity index (χ4n) is 1.57. The number of carboxylic acid groups (broad SMARTS) is 1. The second-order valence-corrected chi connectivity index (χ2v) is 3.78. The fraction of sp³-hybridized carbons (Fsp3) is 0.273. The van der Waals surface area contributed by atoms with Gasteiger partial charge in [-0.2, -0.15) is 10.2 Å². The predicted octanol–water partition coefficient (Wildman–Crippen LogP) is 1.29. The number of hydrogen-bond donors (Lipinski definition) is 1. The molecule has 0 bridgehead atoms. The Morgan fingerprint density at radius 1 is 1.35 bits per heavy atom. The molecule has 0 aliphatic rings. The van der Waals surface area contributed by atoms with Crippen molar-refractivity contribution in [2.45, 2.75) is 20.8 Å². The van der Waals surface area contributed by atoms with Gasteiger partial charge < -0.3 is 5.11 Å². The molecule has 6 nitrogen and oxygen atoms in total. The Kier molecular flexibility index (Phi) is 2.63. The monoisotopic (exact) mass is 232 g/mol. The van der Waals surface area contributed by atoms with Crippen molar-refractivity contribution in [3.05, 3.63) is 34.8 Å². The number of aromatic carboxylic acids is 1. The second kappa shape index (κ2) is 3.97. The third kappa shape index (κ3) is 1.77. The van der Waals surface area contributed by atoms with E-state index in [0.717, 1.165) is 17.0 Å². The van der Waals surface area contributed by atoms with Crippen LogP contribution in [0.3, 0.4) is 0 Å². The van der Waals surface area contributed by atoms with Crippen molar-refractivity contribution in [1.82, 2.24) is 20.0 Å². The van der Waals surface area contributed by atoms with Crippen molar-refractivity contribution in [3.63, 3.8) is 0 Å². The summed E-state index contributed by atoms with van der Waals surface area (Å²) in [6.07, 6.45) is 1.35. The average molecular weight is 232 g/mol. The summed E-state index contributed by atoms with van der Waals surface area (Å²) in [5.74, 6) is -0.797. The molecule has 2 heterocycles. The molecule has 0 saturated heterocycles. The quantitative estimate of drug-likeness (QED) is 0.843. The number of hydrogen-bond acceptors (Lipinski definition) is 4. The van der Waals surface area contributed by atoms with Crippen molar-refractivity contribution in [1.29, 1.82) is 0 Å². The average Bonchev–Trinajstić information content (AvgIpc) is 2.57. The van der Waals surface area contributed by atoms with Crippen LogP contribution in [-0.2, 0) is 0 Å². The minimum atomic E-state index is -1.04.